The van der Waals surface area contributed by atoms with Crippen LogP contribution in [0.15, 0.2) is 81.3 Å². The van der Waals surface area contributed by atoms with Gasteiger partial charge in [0, 0.05) is 15.4 Å². The van der Waals surface area contributed by atoms with Crippen molar-refractivity contribution in [1.82, 2.24) is 0 Å². The number of fused-ring (bicyclic) bond motifs is 4. The van der Waals surface area contributed by atoms with Gasteiger partial charge < -0.3 is 9.84 Å². The van der Waals surface area contributed by atoms with Gasteiger partial charge in [0.1, 0.15) is 0 Å². The summed E-state index contributed by atoms with van der Waals surface area (Å²) in [6.45, 7) is 1.82. The molecule has 7 rings (SSSR count). The van der Waals surface area contributed by atoms with Gasteiger partial charge in [0.25, 0.3) is 0 Å². The zero-order valence-corrected chi connectivity index (χ0v) is 28.1. The number of allylic oxidation sites excluding steroid dienone is 2. The highest BCUT2D eigenvalue weighted by atomic mass is 79.9. The van der Waals surface area contributed by atoms with Crippen LogP contribution in [0.4, 0.5) is 11.4 Å². The Morgan fingerprint density at radius 3 is 2.22 bits per heavy atom. The molecule has 0 spiro atoms. The molecular weight excluding hydrogens is 728 g/mol. The van der Waals surface area contributed by atoms with Gasteiger partial charge in [0.05, 0.1) is 46.1 Å². The quantitative estimate of drug-likeness (QED) is 0.227. The van der Waals surface area contributed by atoms with Crippen molar-refractivity contribution >= 4 is 78.5 Å². The molecule has 11 heteroatoms. The number of nitrogens with zero attached hydrogens (tertiary/aromatic N) is 2. The van der Waals surface area contributed by atoms with Crippen molar-refractivity contribution in [2.75, 3.05) is 16.9 Å². The summed E-state index contributed by atoms with van der Waals surface area (Å²) < 4.78 is 6.35. The molecule has 0 bridgehead atoms. The number of halogens is 3. The van der Waals surface area contributed by atoms with Gasteiger partial charge in [-0.25, -0.2) is 4.90 Å². The highest BCUT2D eigenvalue weighted by Crippen LogP contribution is 2.65. The number of hydrogen-bond acceptors (Lipinski definition) is 6. The minimum atomic E-state index is -1.24. The van der Waals surface area contributed by atoms with Crippen LogP contribution in [0.25, 0.3) is 0 Å². The molecule has 0 aromatic heterocycles. The third-order valence-electron chi connectivity index (χ3n) is 10.1. The Morgan fingerprint density at radius 2 is 1.56 bits per heavy atom. The van der Waals surface area contributed by atoms with Crippen LogP contribution < -0.4 is 14.5 Å². The van der Waals surface area contributed by atoms with Crippen LogP contribution in [-0.4, -0.2) is 35.8 Å². The number of carbonyl (C=O) groups is 4. The maximum Gasteiger partial charge on any atom is 0.241 e. The van der Waals surface area contributed by atoms with Crippen molar-refractivity contribution in [2.24, 2.45) is 29.1 Å². The van der Waals surface area contributed by atoms with Crippen LogP contribution in [0.5, 0.6) is 11.5 Å². The average molecular weight is 755 g/mol. The van der Waals surface area contributed by atoms with Crippen LogP contribution in [0.3, 0.4) is 0 Å². The van der Waals surface area contributed by atoms with Crippen molar-refractivity contribution < 1.29 is 29.0 Å². The van der Waals surface area contributed by atoms with Crippen LogP contribution in [0, 0.1) is 29.1 Å². The van der Waals surface area contributed by atoms with E-state index in [1.165, 1.54) is 16.9 Å². The lowest BCUT2D eigenvalue weighted by atomic mass is 9.51. The summed E-state index contributed by atoms with van der Waals surface area (Å²) in [6.07, 6.45) is 2.52. The van der Waals surface area contributed by atoms with Crippen LogP contribution >= 0.6 is 43.5 Å². The highest BCUT2D eigenvalue weighted by Gasteiger charge is 2.68. The zero-order valence-electron chi connectivity index (χ0n) is 24.2. The molecule has 1 N–H and O–H groups in total. The van der Waals surface area contributed by atoms with E-state index in [1.807, 2.05) is 19.1 Å². The summed E-state index contributed by atoms with van der Waals surface area (Å²) in [5, 5.41) is 11.3. The van der Waals surface area contributed by atoms with E-state index in [0.717, 1.165) is 5.57 Å². The molecule has 3 aromatic carbocycles. The Hall–Kier alpha value is -3.47. The Bertz CT molecular complexity index is 1830. The predicted molar refractivity (Wildman–Crippen MR) is 175 cm³/mol. The summed E-state index contributed by atoms with van der Waals surface area (Å²) in [6, 6.07) is 17.1. The fourth-order valence-electron chi connectivity index (χ4n) is 8.00. The second-order valence-corrected chi connectivity index (χ2v) is 14.2. The first-order chi connectivity index (χ1) is 21.5. The number of imide groups is 2. The third-order valence-corrected chi connectivity index (χ3v) is 12.5. The van der Waals surface area contributed by atoms with Crippen molar-refractivity contribution in [3.05, 3.63) is 91.8 Å². The van der Waals surface area contributed by atoms with Crippen LogP contribution in [0.1, 0.15) is 31.2 Å². The van der Waals surface area contributed by atoms with E-state index in [0.29, 0.717) is 37.3 Å². The number of ether oxygens (including phenoxy) is 1. The average Bonchev–Trinajstić information content (AvgIpc) is 3.41. The number of methoxy groups -OCH3 is 1. The van der Waals surface area contributed by atoms with Crippen molar-refractivity contribution in [3.8, 4) is 11.5 Å². The molecule has 2 aliphatic heterocycles. The van der Waals surface area contributed by atoms with Gasteiger partial charge in [-0.15, -0.1) is 0 Å². The Morgan fingerprint density at radius 1 is 0.889 bits per heavy atom. The van der Waals surface area contributed by atoms with Crippen molar-refractivity contribution in [1.29, 1.82) is 0 Å². The number of para-hydroxylation sites is 1. The van der Waals surface area contributed by atoms with Gasteiger partial charge in [-0.05, 0) is 106 Å². The molecule has 6 atom stereocenters. The van der Waals surface area contributed by atoms with E-state index < -0.39 is 35.0 Å². The molecule has 3 fully saturated rings. The number of anilines is 2. The molecule has 4 aliphatic rings. The van der Waals surface area contributed by atoms with Gasteiger partial charge in [0.15, 0.2) is 11.5 Å². The first-order valence-corrected chi connectivity index (χ1v) is 16.5. The normalized spacial score (nSPS) is 29.0. The first-order valence-electron chi connectivity index (χ1n) is 14.5. The summed E-state index contributed by atoms with van der Waals surface area (Å²) >= 11 is 13.2. The van der Waals surface area contributed by atoms with Crippen LogP contribution in [0.2, 0.25) is 5.02 Å². The first kappa shape index (κ1) is 30.2. The van der Waals surface area contributed by atoms with Gasteiger partial charge >= 0.3 is 0 Å². The standard InChI is InChI=1S/C34H27Br2ClN2O6/c1-34-23(31(42)39(33(34)44)17-6-4-3-5-7-17)14-21-19(26(34)22-15-24(45-2)29(40)28(36)27(22)35)12-13-20-25(21)32(43)38(30(20)41)18-10-8-16(37)9-11-18/h3-12,15,20-21,23,25-26,40H,13-14H2,1-2H3. The number of phenols is 1. The monoisotopic (exact) mass is 752 g/mol. The number of carbonyl (C=O) groups excluding carboxylic acids is 4. The summed E-state index contributed by atoms with van der Waals surface area (Å²) in [5.74, 6) is -4.50. The molecule has 6 unspecified atom stereocenters. The smallest absolute Gasteiger partial charge is 0.241 e. The number of rotatable bonds is 4. The van der Waals surface area contributed by atoms with E-state index in [2.05, 4.69) is 31.9 Å². The lowest BCUT2D eigenvalue weighted by Crippen LogP contribution is -2.49. The second kappa shape index (κ2) is 10.8. The van der Waals surface area contributed by atoms with E-state index in [1.54, 1.807) is 54.6 Å². The van der Waals surface area contributed by atoms with Gasteiger partial charge in [-0.1, -0.05) is 41.4 Å². The maximum absolute atomic E-state index is 14.6. The van der Waals surface area contributed by atoms with Gasteiger partial charge in [-0.2, -0.15) is 0 Å². The number of amides is 4. The minimum Gasteiger partial charge on any atom is -0.503 e. The summed E-state index contributed by atoms with van der Waals surface area (Å²) in [7, 11) is 1.44. The number of hydrogen-bond donors (Lipinski definition) is 1. The molecular formula is C34H27Br2ClN2O6. The number of aromatic hydroxyl groups is 1. The summed E-state index contributed by atoms with van der Waals surface area (Å²) in [5.41, 5.74) is 1.13. The van der Waals surface area contributed by atoms with Crippen molar-refractivity contribution in [3.63, 3.8) is 0 Å². The van der Waals surface area contributed by atoms with Gasteiger partial charge in [0.2, 0.25) is 23.6 Å². The van der Waals surface area contributed by atoms with Crippen LogP contribution in [-0.2, 0) is 19.2 Å². The maximum atomic E-state index is 14.6. The second-order valence-electron chi connectivity index (χ2n) is 12.1. The lowest BCUT2D eigenvalue weighted by Gasteiger charge is -2.49. The zero-order chi connectivity index (χ0) is 31.9. The molecule has 230 valence electrons. The topological polar surface area (TPSA) is 104 Å². The Balaban J connectivity index is 1.41. The molecule has 8 nitrogen and oxygen atoms in total. The number of benzene rings is 3. The van der Waals surface area contributed by atoms with E-state index in [9.17, 15) is 24.3 Å². The summed E-state index contributed by atoms with van der Waals surface area (Å²) in [4.78, 5) is 59.4. The molecule has 2 heterocycles. The SMILES string of the molecule is COc1cc(C2C3=CCC4C(=O)N(c5ccc(Cl)cc5)C(=O)C4C3CC3C(=O)N(c4ccccc4)C(=O)C32C)c(Br)c(Br)c1O. The molecule has 2 aliphatic carbocycles. The van der Waals surface area contributed by atoms with Gasteiger partial charge in [-0.3, -0.25) is 24.1 Å². The minimum absolute atomic E-state index is 0.116. The largest absolute Gasteiger partial charge is 0.503 e. The van der Waals surface area contributed by atoms with E-state index in [4.69, 9.17) is 16.3 Å². The molecule has 3 aromatic rings. The fourth-order valence-corrected chi connectivity index (χ4v) is 9.09. The number of phenolic OH excluding ortho intramolecular Hbond substituents is 1. The van der Waals surface area contributed by atoms with Crippen molar-refractivity contribution in [2.45, 2.75) is 25.7 Å². The Kier molecular flexibility index (Phi) is 7.26. The molecule has 4 amide bonds. The molecule has 45 heavy (non-hydrogen) atoms. The predicted octanol–water partition coefficient (Wildman–Crippen LogP) is 7.01. The molecule has 2 saturated heterocycles. The fraction of sp³-hybridized carbons (Fsp3) is 0.294. The highest BCUT2D eigenvalue weighted by molar-refractivity contribution is 9.13. The van der Waals surface area contributed by atoms with E-state index in [-0.39, 0.29) is 41.5 Å². The molecule has 1 saturated carbocycles. The lowest BCUT2D eigenvalue weighted by molar-refractivity contribution is -0.131. The third kappa shape index (κ3) is 4.21. The Labute approximate surface area is 281 Å². The molecule has 0 radical (unpaired) electrons. The van der Waals surface area contributed by atoms with E-state index >= 15 is 0 Å².